The van der Waals surface area contributed by atoms with Crippen LogP contribution in [0.2, 0.25) is 0 Å². The van der Waals surface area contributed by atoms with Crippen molar-refractivity contribution in [1.82, 2.24) is 4.90 Å². The number of hydrogen-bond donors (Lipinski definition) is 0. The Bertz CT molecular complexity index is 1070. The number of ketones is 1. The Labute approximate surface area is 176 Å². The number of fused-ring (bicyclic) bond motifs is 3. The minimum absolute atomic E-state index is 0.102. The zero-order valence-corrected chi connectivity index (χ0v) is 16.4. The number of Topliss-reactive ketones (excluding diaryl/α,β-unsaturated/α-hetero) is 1. The first-order valence-electron chi connectivity index (χ1n) is 10.2. The standard InChI is InChI=1S/C23H19F3N2O3/c24-23(25,26)14-8-4-9-15(12-14)28-21(30)17-16-10-5-11-27(16)19(18(17)22(28)31)20(29)13-6-2-1-3-7-13/h1-4,6-9,12,16-19H,5,10-11H2/t16-,17-,18-,19-/m1/s1. The molecule has 3 heterocycles. The van der Waals surface area contributed by atoms with Gasteiger partial charge in [0.05, 0.1) is 29.1 Å². The van der Waals surface area contributed by atoms with Crippen molar-refractivity contribution in [2.45, 2.75) is 31.1 Å². The van der Waals surface area contributed by atoms with Gasteiger partial charge < -0.3 is 0 Å². The van der Waals surface area contributed by atoms with Crippen LogP contribution in [0.4, 0.5) is 18.9 Å². The summed E-state index contributed by atoms with van der Waals surface area (Å²) in [6.07, 6.45) is -3.11. The van der Waals surface area contributed by atoms with Crippen LogP contribution in [0.25, 0.3) is 0 Å². The second kappa shape index (κ2) is 7.02. The summed E-state index contributed by atoms with van der Waals surface area (Å²) in [6.45, 7) is 0.616. The maximum atomic E-state index is 13.4. The van der Waals surface area contributed by atoms with Crippen LogP contribution in [0.5, 0.6) is 0 Å². The smallest absolute Gasteiger partial charge is 0.292 e. The fraction of sp³-hybridized carbons (Fsp3) is 0.348. The number of imide groups is 1. The molecule has 2 amide bonds. The lowest BCUT2D eigenvalue weighted by molar-refractivity contribution is -0.137. The van der Waals surface area contributed by atoms with Gasteiger partial charge in [-0.3, -0.25) is 19.3 Å². The Hall–Kier alpha value is -3.00. The van der Waals surface area contributed by atoms with E-state index in [1.54, 1.807) is 30.3 Å². The highest BCUT2D eigenvalue weighted by atomic mass is 19.4. The molecule has 0 radical (unpaired) electrons. The van der Waals surface area contributed by atoms with Crippen molar-refractivity contribution in [2.75, 3.05) is 11.4 Å². The molecule has 3 aliphatic rings. The highest BCUT2D eigenvalue weighted by molar-refractivity contribution is 6.24. The normalized spacial score (nSPS) is 28.2. The first kappa shape index (κ1) is 19.9. The molecule has 8 heteroatoms. The van der Waals surface area contributed by atoms with E-state index >= 15 is 0 Å². The molecule has 0 N–H and O–H groups in total. The van der Waals surface area contributed by atoms with Crippen LogP contribution in [0.15, 0.2) is 54.6 Å². The number of amides is 2. The molecule has 5 rings (SSSR count). The van der Waals surface area contributed by atoms with E-state index in [1.165, 1.54) is 12.1 Å². The van der Waals surface area contributed by atoms with Crippen molar-refractivity contribution in [2.24, 2.45) is 11.8 Å². The third-order valence-corrected chi connectivity index (χ3v) is 6.61. The van der Waals surface area contributed by atoms with Crippen LogP contribution in [-0.4, -0.2) is 41.1 Å². The second-order valence-electron chi connectivity index (χ2n) is 8.23. The van der Waals surface area contributed by atoms with E-state index < -0.39 is 41.4 Å². The van der Waals surface area contributed by atoms with E-state index in [-0.39, 0.29) is 17.5 Å². The van der Waals surface area contributed by atoms with Crippen molar-refractivity contribution < 1.29 is 27.6 Å². The van der Waals surface area contributed by atoms with Gasteiger partial charge in [0.1, 0.15) is 0 Å². The minimum Gasteiger partial charge on any atom is -0.292 e. The number of nitrogens with zero attached hydrogens (tertiary/aromatic N) is 2. The van der Waals surface area contributed by atoms with Gasteiger partial charge in [0, 0.05) is 11.6 Å². The minimum atomic E-state index is -4.59. The summed E-state index contributed by atoms with van der Waals surface area (Å²) in [5.74, 6) is -2.96. The van der Waals surface area contributed by atoms with Gasteiger partial charge in [0.15, 0.2) is 5.78 Å². The molecule has 0 saturated carbocycles. The van der Waals surface area contributed by atoms with Gasteiger partial charge in [-0.1, -0.05) is 36.4 Å². The van der Waals surface area contributed by atoms with Gasteiger partial charge >= 0.3 is 6.18 Å². The summed E-state index contributed by atoms with van der Waals surface area (Å²) in [6, 6.07) is 11.8. The molecule has 4 atom stereocenters. The molecule has 31 heavy (non-hydrogen) atoms. The number of alkyl halides is 3. The van der Waals surface area contributed by atoms with Crippen LogP contribution in [0, 0.1) is 11.8 Å². The van der Waals surface area contributed by atoms with E-state index in [9.17, 15) is 27.6 Å². The lowest BCUT2D eigenvalue weighted by Gasteiger charge is -2.27. The lowest BCUT2D eigenvalue weighted by Crippen LogP contribution is -2.46. The number of anilines is 1. The number of rotatable bonds is 3. The first-order chi connectivity index (χ1) is 14.8. The summed E-state index contributed by atoms with van der Waals surface area (Å²) < 4.78 is 39.5. The molecule has 0 aliphatic carbocycles. The zero-order valence-electron chi connectivity index (χ0n) is 16.4. The SMILES string of the molecule is O=C(c1ccccc1)[C@H]1[C@@H]2C(=O)N(c3cccc(C(F)(F)F)c3)C(=O)[C@@H]2[C@H]2CCCN21. The van der Waals surface area contributed by atoms with Gasteiger partial charge in [-0.05, 0) is 37.6 Å². The molecule has 2 aromatic rings. The zero-order chi connectivity index (χ0) is 21.9. The van der Waals surface area contributed by atoms with Crippen molar-refractivity contribution in [3.8, 4) is 0 Å². The summed E-state index contributed by atoms with van der Waals surface area (Å²) >= 11 is 0. The van der Waals surface area contributed by atoms with Crippen LogP contribution in [0.3, 0.4) is 0 Å². The highest BCUT2D eigenvalue weighted by Gasteiger charge is 2.64. The number of carbonyl (C=O) groups excluding carboxylic acids is 3. The van der Waals surface area contributed by atoms with Crippen LogP contribution in [0.1, 0.15) is 28.8 Å². The van der Waals surface area contributed by atoms with Gasteiger partial charge in [-0.15, -0.1) is 0 Å². The number of hydrogen-bond acceptors (Lipinski definition) is 4. The van der Waals surface area contributed by atoms with Gasteiger partial charge in [0.2, 0.25) is 11.8 Å². The van der Waals surface area contributed by atoms with Crippen LogP contribution >= 0.6 is 0 Å². The molecule has 3 fully saturated rings. The summed E-state index contributed by atoms with van der Waals surface area (Å²) in [4.78, 5) is 42.8. The maximum Gasteiger partial charge on any atom is 0.416 e. The van der Waals surface area contributed by atoms with Crippen LogP contribution < -0.4 is 4.90 Å². The van der Waals surface area contributed by atoms with Gasteiger partial charge in [0.25, 0.3) is 0 Å². The topological polar surface area (TPSA) is 57.7 Å². The molecular weight excluding hydrogens is 409 g/mol. The van der Waals surface area contributed by atoms with Crippen LogP contribution in [-0.2, 0) is 15.8 Å². The molecule has 160 valence electrons. The van der Waals surface area contributed by atoms with E-state index in [0.717, 1.165) is 23.5 Å². The average Bonchev–Trinajstić information content (AvgIpc) is 3.40. The Balaban J connectivity index is 1.55. The van der Waals surface area contributed by atoms with Crippen molar-refractivity contribution in [3.63, 3.8) is 0 Å². The summed E-state index contributed by atoms with van der Waals surface area (Å²) in [7, 11) is 0. The summed E-state index contributed by atoms with van der Waals surface area (Å²) in [5.41, 5.74) is -0.576. The summed E-state index contributed by atoms with van der Waals surface area (Å²) in [5, 5.41) is 0. The molecule has 3 aliphatic heterocycles. The van der Waals surface area contributed by atoms with Crippen molar-refractivity contribution in [1.29, 1.82) is 0 Å². The quantitative estimate of drug-likeness (QED) is 0.554. The Morgan fingerprint density at radius 1 is 0.935 bits per heavy atom. The third kappa shape index (κ3) is 3.00. The highest BCUT2D eigenvalue weighted by Crippen LogP contribution is 2.48. The van der Waals surface area contributed by atoms with Gasteiger partial charge in [-0.25, -0.2) is 4.90 Å². The third-order valence-electron chi connectivity index (χ3n) is 6.61. The van der Waals surface area contributed by atoms with Crippen molar-refractivity contribution >= 4 is 23.3 Å². The molecule has 3 saturated heterocycles. The number of benzene rings is 2. The maximum absolute atomic E-state index is 13.4. The number of halogens is 3. The molecule has 0 bridgehead atoms. The Morgan fingerprint density at radius 3 is 2.35 bits per heavy atom. The Morgan fingerprint density at radius 2 is 1.65 bits per heavy atom. The number of carbonyl (C=O) groups is 3. The fourth-order valence-electron chi connectivity index (χ4n) is 5.36. The molecule has 5 nitrogen and oxygen atoms in total. The van der Waals surface area contributed by atoms with E-state index in [1.807, 2.05) is 4.90 Å². The molecule has 0 aromatic heterocycles. The first-order valence-corrected chi connectivity index (χ1v) is 10.2. The average molecular weight is 428 g/mol. The van der Waals surface area contributed by atoms with E-state index in [2.05, 4.69) is 0 Å². The van der Waals surface area contributed by atoms with E-state index in [0.29, 0.717) is 18.5 Å². The lowest BCUT2D eigenvalue weighted by atomic mass is 9.85. The molecule has 0 unspecified atom stereocenters. The predicted octanol–water partition coefficient (Wildman–Crippen LogP) is 3.54. The van der Waals surface area contributed by atoms with Crippen molar-refractivity contribution in [3.05, 3.63) is 65.7 Å². The second-order valence-corrected chi connectivity index (χ2v) is 8.23. The molecular formula is C23H19F3N2O3. The monoisotopic (exact) mass is 428 g/mol. The van der Waals surface area contributed by atoms with E-state index in [4.69, 9.17) is 0 Å². The Kier molecular flexibility index (Phi) is 4.51. The predicted molar refractivity (Wildman–Crippen MR) is 105 cm³/mol. The van der Waals surface area contributed by atoms with Gasteiger partial charge in [-0.2, -0.15) is 13.2 Å². The largest absolute Gasteiger partial charge is 0.416 e. The molecule has 2 aromatic carbocycles. The molecule has 0 spiro atoms. The fourth-order valence-corrected chi connectivity index (χ4v) is 5.36.